The summed E-state index contributed by atoms with van der Waals surface area (Å²) in [7, 11) is 0. The van der Waals surface area contributed by atoms with Gasteiger partial charge >= 0.3 is 0 Å². The van der Waals surface area contributed by atoms with Crippen molar-refractivity contribution in [3.8, 4) is 11.5 Å². The number of rotatable bonds is 1. The molecule has 3 aromatic rings. The zero-order valence-corrected chi connectivity index (χ0v) is 15.4. The molecule has 1 heterocycles. The zero-order valence-electron chi connectivity index (χ0n) is 10.7. The summed E-state index contributed by atoms with van der Waals surface area (Å²) < 4.78 is 7.33. The van der Waals surface area contributed by atoms with Gasteiger partial charge in [-0.25, -0.2) is 4.98 Å². The molecule has 0 amide bonds. The van der Waals surface area contributed by atoms with Gasteiger partial charge in [-0.1, -0.05) is 29.3 Å². The largest absolute Gasteiger partial charge is 0.436 e. The Kier molecular flexibility index (Phi) is 3.94. The number of nitrogens with zero attached hydrogens (tertiary/aromatic N) is 1. The highest BCUT2D eigenvalue weighted by Crippen LogP contribution is 2.42. The highest BCUT2D eigenvalue weighted by Gasteiger charge is 2.20. The molecule has 0 spiro atoms. The third kappa shape index (κ3) is 2.36. The average Bonchev–Trinajstić information content (AvgIpc) is 2.91. The van der Waals surface area contributed by atoms with Gasteiger partial charge in [-0.15, -0.1) is 0 Å². The van der Waals surface area contributed by atoms with Gasteiger partial charge in [0, 0.05) is 10.0 Å². The maximum atomic E-state index is 6.22. The molecule has 0 saturated heterocycles. The number of benzene rings is 2. The molecule has 0 aliphatic rings. The Labute approximate surface area is 147 Å². The second-order valence-corrected chi connectivity index (χ2v) is 6.84. The highest BCUT2D eigenvalue weighted by molar-refractivity contribution is 9.11. The second-order valence-electron chi connectivity index (χ2n) is 4.46. The fourth-order valence-electron chi connectivity index (χ4n) is 2.03. The Morgan fingerprint density at radius 1 is 1.19 bits per heavy atom. The van der Waals surface area contributed by atoms with Crippen LogP contribution in [0.25, 0.3) is 22.6 Å². The molecule has 2 N–H and O–H groups in total. The Bertz CT molecular complexity index is 832. The van der Waals surface area contributed by atoms with E-state index in [1.807, 2.05) is 6.92 Å². The highest BCUT2D eigenvalue weighted by atomic mass is 79.9. The van der Waals surface area contributed by atoms with Crippen LogP contribution in [0, 0.1) is 6.92 Å². The summed E-state index contributed by atoms with van der Waals surface area (Å²) in [5.74, 6) is 0.402. The first-order chi connectivity index (χ1) is 9.91. The molecule has 0 radical (unpaired) electrons. The molecule has 0 atom stereocenters. The van der Waals surface area contributed by atoms with E-state index in [1.165, 1.54) is 0 Å². The van der Waals surface area contributed by atoms with Crippen LogP contribution in [0.5, 0.6) is 0 Å². The molecule has 0 unspecified atom stereocenters. The molecule has 2 aromatic carbocycles. The molecule has 3 nitrogen and oxygen atoms in total. The molecule has 7 heteroatoms. The molecule has 0 bridgehead atoms. The van der Waals surface area contributed by atoms with Crippen molar-refractivity contribution in [2.75, 3.05) is 5.73 Å². The first-order valence-corrected chi connectivity index (χ1v) is 8.24. The van der Waals surface area contributed by atoms with Crippen molar-refractivity contribution in [3.63, 3.8) is 0 Å². The number of anilines is 1. The van der Waals surface area contributed by atoms with Crippen molar-refractivity contribution in [1.29, 1.82) is 0 Å². The summed E-state index contributed by atoms with van der Waals surface area (Å²) in [6, 6.07) is 5.32. The zero-order chi connectivity index (χ0) is 15.3. The quantitative estimate of drug-likeness (QED) is 0.448. The number of aryl methyl sites for hydroxylation is 1. The fraction of sp³-hybridized carbons (Fsp3) is 0.0714. The Morgan fingerprint density at radius 2 is 1.90 bits per heavy atom. The number of hydrogen-bond acceptors (Lipinski definition) is 3. The van der Waals surface area contributed by atoms with Crippen LogP contribution in [0.2, 0.25) is 10.0 Å². The smallest absolute Gasteiger partial charge is 0.228 e. The van der Waals surface area contributed by atoms with Crippen LogP contribution in [0.3, 0.4) is 0 Å². The third-order valence-corrected chi connectivity index (χ3v) is 5.80. The molecule has 0 aliphatic carbocycles. The number of fused-ring (bicyclic) bond motifs is 1. The lowest BCUT2D eigenvalue weighted by Gasteiger charge is -2.05. The summed E-state index contributed by atoms with van der Waals surface area (Å²) in [6.07, 6.45) is 0. The molecular formula is C14H8Br2Cl2N2O. The number of halogens is 4. The molecule has 0 fully saturated rings. The van der Waals surface area contributed by atoms with Crippen LogP contribution in [0.1, 0.15) is 5.56 Å². The van der Waals surface area contributed by atoms with Gasteiger partial charge in [0.2, 0.25) is 5.89 Å². The minimum Gasteiger partial charge on any atom is -0.436 e. The van der Waals surface area contributed by atoms with E-state index in [9.17, 15) is 0 Å². The average molecular weight is 451 g/mol. The minimum absolute atomic E-state index is 0.402. The number of hydrogen-bond donors (Lipinski definition) is 1. The van der Waals surface area contributed by atoms with Gasteiger partial charge in [0.05, 0.1) is 25.8 Å². The van der Waals surface area contributed by atoms with Crippen molar-refractivity contribution in [2.24, 2.45) is 0 Å². The first kappa shape index (κ1) is 15.2. The van der Waals surface area contributed by atoms with Crippen molar-refractivity contribution in [1.82, 2.24) is 4.98 Å². The summed E-state index contributed by atoms with van der Waals surface area (Å²) in [4.78, 5) is 4.49. The lowest BCUT2D eigenvalue weighted by atomic mass is 10.2. The van der Waals surface area contributed by atoms with Gasteiger partial charge in [-0.2, -0.15) is 0 Å². The molecular weight excluding hydrogens is 443 g/mol. The topological polar surface area (TPSA) is 52.0 Å². The first-order valence-electron chi connectivity index (χ1n) is 5.89. The van der Waals surface area contributed by atoms with E-state index < -0.39 is 0 Å². The molecule has 0 saturated carbocycles. The maximum Gasteiger partial charge on any atom is 0.228 e. The van der Waals surface area contributed by atoms with Gasteiger partial charge < -0.3 is 10.2 Å². The van der Waals surface area contributed by atoms with Crippen LogP contribution in [-0.2, 0) is 0 Å². The van der Waals surface area contributed by atoms with Crippen LogP contribution in [-0.4, -0.2) is 4.98 Å². The molecule has 21 heavy (non-hydrogen) atoms. The monoisotopic (exact) mass is 448 g/mol. The maximum absolute atomic E-state index is 6.22. The van der Waals surface area contributed by atoms with Gasteiger partial charge in [-0.3, -0.25) is 0 Å². The van der Waals surface area contributed by atoms with E-state index in [2.05, 4.69) is 36.8 Å². The van der Waals surface area contributed by atoms with Crippen molar-refractivity contribution in [3.05, 3.63) is 42.8 Å². The Morgan fingerprint density at radius 3 is 2.62 bits per heavy atom. The van der Waals surface area contributed by atoms with Crippen molar-refractivity contribution < 1.29 is 4.42 Å². The summed E-state index contributed by atoms with van der Waals surface area (Å²) in [5.41, 5.74) is 9.43. The van der Waals surface area contributed by atoms with Gasteiger partial charge in [0.25, 0.3) is 0 Å². The van der Waals surface area contributed by atoms with Crippen molar-refractivity contribution in [2.45, 2.75) is 6.92 Å². The normalized spacial score (nSPS) is 11.3. The van der Waals surface area contributed by atoms with Crippen LogP contribution in [0.15, 0.2) is 31.6 Å². The minimum atomic E-state index is 0.402. The van der Waals surface area contributed by atoms with E-state index in [0.29, 0.717) is 42.8 Å². The van der Waals surface area contributed by atoms with E-state index in [1.54, 1.807) is 18.2 Å². The van der Waals surface area contributed by atoms with Crippen molar-refractivity contribution >= 4 is 71.8 Å². The molecule has 1 aromatic heterocycles. The predicted molar refractivity (Wildman–Crippen MR) is 94.0 cm³/mol. The summed E-state index contributed by atoms with van der Waals surface area (Å²) in [5, 5.41) is 0.861. The van der Waals surface area contributed by atoms with E-state index in [-0.39, 0.29) is 0 Å². The molecule has 108 valence electrons. The third-order valence-electron chi connectivity index (χ3n) is 3.16. The molecule has 3 rings (SSSR count). The van der Waals surface area contributed by atoms with Crippen LogP contribution in [0.4, 0.5) is 5.69 Å². The van der Waals surface area contributed by atoms with Gasteiger partial charge in [-0.05, 0) is 50.9 Å². The van der Waals surface area contributed by atoms with Gasteiger partial charge in [0.1, 0.15) is 5.52 Å². The lowest BCUT2D eigenvalue weighted by Crippen LogP contribution is -1.92. The lowest BCUT2D eigenvalue weighted by molar-refractivity contribution is 0.617. The standard InChI is InChI=1S/C14H8Br2Cl2N2O/c1-5-8(15)11(19)9(16)12-13(5)21-14(20-12)6-3-2-4-7(17)10(6)18/h2-4H,19H2,1H3. The molecule has 0 aliphatic heterocycles. The van der Waals surface area contributed by atoms with E-state index >= 15 is 0 Å². The predicted octanol–water partition coefficient (Wildman–Crippen LogP) is 6.22. The number of nitrogens with two attached hydrogens (primary N) is 1. The van der Waals surface area contributed by atoms with Crippen LogP contribution >= 0.6 is 55.1 Å². The van der Waals surface area contributed by atoms with Crippen LogP contribution < -0.4 is 5.73 Å². The summed E-state index contributed by atoms with van der Waals surface area (Å²) in [6.45, 7) is 1.91. The Hall–Kier alpha value is -0.750. The van der Waals surface area contributed by atoms with Gasteiger partial charge in [0.15, 0.2) is 5.58 Å². The SMILES string of the molecule is Cc1c(Br)c(N)c(Br)c2nc(-c3cccc(Cl)c3Cl)oc12. The Balaban J connectivity index is 2.34. The fourth-order valence-corrected chi connectivity index (χ4v) is 3.53. The number of aromatic nitrogens is 1. The number of nitrogen functional groups attached to an aromatic ring is 1. The number of oxazole rings is 1. The van der Waals surface area contributed by atoms with E-state index in [0.717, 1.165) is 10.0 Å². The summed E-state index contributed by atoms with van der Waals surface area (Å²) >= 11 is 19.2. The van der Waals surface area contributed by atoms with E-state index in [4.69, 9.17) is 33.4 Å². The second kappa shape index (κ2) is 5.47.